The standard InChI is InChI=1S/C30H32Cl2IN3O4S/c1-2-28(30(38)34-24-8-6-7-9-24)35(19-21-12-13-22(31)18-27(21)32)29(37)20-36(25-16-14-23(33)15-17-25)41(39,40)26-10-4-3-5-11-26/h3-5,10-18,24,28H,2,6-9,19-20H2,1H3,(H,34,38)/t28-/m0/s1. The van der Waals surface area contributed by atoms with E-state index in [-0.39, 0.29) is 23.4 Å². The van der Waals surface area contributed by atoms with Gasteiger partial charge in [0.25, 0.3) is 10.0 Å². The van der Waals surface area contributed by atoms with Gasteiger partial charge in [-0.3, -0.25) is 13.9 Å². The molecule has 4 rings (SSSR count). The van der Waals surface area contributed by atoms with Crippen LogP contribution in [0.4, 0.5) is 5.69 Å². The number of nitrogens with one attached hydrogen (secondary N) is 1. The molecule has 0 bridgehead atoms. The minimum absolute atomic E-state index is 0.0113. The number of benzene rings is 3. The maximum atomic E-state index is 14.2. The summed E-state index contributed by atoms with van der Waals surface area (Å²) in [5, 5.41) is 3.90. The molecule has 0 aromatic heterocycles. The zero-order chi connectivity index (χ0) is 29.6. The molecule has 41 heavy (non-hydrogen) atoms. The van der Waals surface area contributed by atoms with E-state index in [1.54, 1.807) is 60.7 Å². The molecule has 0 spiro atoms. The number of sulfonamides is 1. The molecule has 0 aliphatic heterocycles. The summed E-state index contributed by atoms with van der Waals surface area (Å²) in [6.07, 6.45) is 4.23. The molecule has 0 unspecified atom stereocenters. The van der Waals surface area contributed by atoms with Crippen LogP contribution in [0, 0.1) is 3.57 Å². The molecule has 0 heterocycles. The van der Waals surface area contributed by atoms with Crippen LogP contribution in [-0.2, 0) is 26.2 Å². The lowest BCUT2D eigenvalue weighted by molar-refractivity contribution is -0.140. The molecule has 2 amide bonds. The van der Waals surface area contributed by atoms with Gasteiger partial charge in [0.1, 0.15) is 12.6 Å². The van der Waals surface area contributed by atoms with Gasteiger partial charge in [-0.25, -0.2) is 8.42 Å². The Kier molecular flexibility index (Phi) is 11.0. The predicted molar refractivity (Wildman–Crippen MR) is 172 cm³/mol. The van der Waals surface area contributed by atoms with Gasteiger partial charge in [0, 0.05) is 26.2 Å². The lowest BCUT2D eigenvalue weighted by Gasteiger charge is -2.34. The van der Waals surface area contributed by atoms with E-state index in [0.29, 0.717) is 27.7 Å². The zero-order valence-electron chi connectivity index (χ0n) is 22.6. The molecule has 0 saturated heterocycles. The Labute approximate surface area is 265 Å². The fourth-order valence-corrected chi connectivity index (χ4v) is 7.24. The molecule has 1 aliphatic carbocycles. The Balaban J connectivity index is 1.72. The first-order valence-electron chi connectivity index (χ1n) is 13.5. The summed E-state index contributed by atoms with van der Waals surface area (Å²) in [5.74, 6) is -0.785. The van der Waals surface area contributed by atoms with Gasteiger partial charge in [-0.1, -0.05) is 67.2 Å². The normalized spacial score (nSPS) is 14.4. The van der Waals surface area contributed by atoms with Gasteiger partial charge in [-0.15, -0.1) is 0 Å². The highest BCUT2D eigenvalue weighted by molar-refractivity contribution is 14.1. The van der Waals surface area contributed by atoms with E-state index < -0.39 is 28.5 Å². The van der Waals surface area contributed by atoms with Gasteiger partial charge in [0.05, 0.1) is 10.6 Å². The molecule has 3 aromatic carbocycles. The molecule has 1 fully saturated rings. The number of amides is 2. The van der Waals surface area contributed by atoms with Crippen molar-refractivity contribution in [2.24, 2.45) is 0 Å². The average Bonchev–Trinajstić information content (AvgIpc) is 3.46. The van der Waals surface area contributed by atoms with E-state index in [0.717, 1.165) is 33.6 Å². The van der Waals surface area contributed by atoms with E-state index in [4.69, 9.17) is 23.2 Å². The first kappa shape index (κ1) is 31.6. The van der Waals surface area contributed by atoms with Crippen LogP contribution in [0.15, 0.2) is 77.7 Å². The summed E-state index contributed by atoms with van der Waals surface area (Å²) < 4.78 is 29.8. The molecule has 1 N–H and O–H groups in total. The van der Waals surface area contributed by atoms with Gasteiger partial charge in [0.2, 0.25) is 11.8 Å². The van der Waals surface area contributed by atoms with Crippen molar-refractivity contribution in [3.63, 3.8) is 0 Å². The van der Waals surface area contributed by atoms with Crippen LogP contribution in [0.5, 0.6) is 0 Å². The van der Waals surface area contributed by atoms with Gasteiger partial charge in [-0.2, -0.15) is 0 Å². The minimum atomic E-state index is -4.11. The van der Waals surface area contributed by atoms with Gasteiger partial charge in [-0.05, 0) is 95.9 Å². The zero-order valence-corrected chi connectivity index (χ0v) is 27.1. The van der Waals surface area contributed by atoms with Crippen molar-refractivity contribution in [2.45, 2.75) is 62.6 Å². The fourth-order valence-electron chi connectivity index (χ4n) is 4.98. The third-order valence-electron chi connectivity index (χ3n) is 7.17. The second-order valence-electron chi connectivity index (χ2n) is 9.97. The number of hydrogen-bond acceptors (Lipinski definition) is 4. The van der Waals surface area contributed by atoms with E-state index in [2.05, 4.69) is 27.9 Å². The van der Waals surface area contributed by atoms with Crippen LogP contribution < -0.4 is 9.62 Å². The molecule has 11 heteroatoms. The largest absolute Gasteiger partial charge is 0.352 e. The topological polar surface area (TPSA) is 86.8 Å². The Bertz CT molecular complexity index is 1470. The van der Waals surface area contributed by atoms with Crippen LogP contribution in [0.1, 0.15) is 44.6 Å². The van der Waals surface area contributed by atoms with Crippen molar-refractivity contribution in [1.82, 2.24) is 10.2 Å². The van der Waals surface area contributed by atoms with Crippen LogP contribution in [0.2, 0.25) is 10.0 Å². The molecular formula is C30H32Cl2IN3O4S. The van der Waals surface area contributed by atoms with Crippen molar-refractivity contribution >= 4 is 73.3 Å². The Morgan fingerprint density at radius 1 is 1.00 bits per heavy atom. The van der Waals surface area contributed by atoms with Crippen molar-refractivity contribution in [3.8, 4) is 0 Å². The molecule has 1 atom stereocenters. The Hall–Kier alpha value is -2.34. The highest BCUT2D eigenvalue weighted by atomic mass is 127. The average molecular weight is 728 g/mol. The summed E-state index contributed by atoms with van der Waals surface area (Å²) in [7, 11) is -4.11. The smallest absolute Gasteiger partial charge is 0.264 e. The highest BCUT2D eigenvalue weighted by Gasteiger charge is 2.34. The maximum Gasteiger partial charge on any atom is 0.264 e. The van der Waals surface area contributed by atoms with Crippen molar-refractivity contribution in [3.05, 3.63) is 92.0 Å². The first-order valence-corrected chi connectivity index (χ1v) is 16.7. The minimum Gasteiger partial charge on any atom is -0.352 e. The summed E-state index contributed by atoms with van der Waals surface area (Å²) in [4.78, 5) is 29.2. The number of rotatable bonds is 11. The van der Waals surface area contributed by atoms with Crippen LogP contribution >= 0.6 is 45.8 Å². The summed E-state index contributed by atoms with van der Waals surface area (Å²) in [5.41, 5.74) is 0.943. The van der Waals surface area contributed by atoms with E-state index >= 15 is 0 Å². The van der Waals surface area contributed by atoms with Crippen molar-refractivity contribution in [1.29, 1.82) is 0 Å². The predicted octanol–water partition coefficient (Wildman–Crippen LogP) is 6.66. The third kappa shape index (κ3) is 7.94. The number of carbonyl (C=O) groups is 2. The van der Waals surface area contributed by atoms with Gasteiger partial charge in [0.15, 0.2) is 0 Å². The highest BCUT2D eigenvalue weighted by Crippen LogP contribution is 2.27. The quantitative estimate of drug-likeness (QED) is 0.224. The van der Waals surface area contributed by atoms with E-state index in [1.165, 1.54) is 17.0 Å². The number of halogens is 3. The number of carbonyl (C=O) groups excluding carboxylic acids is 2. The molecular weight excluding hydrogens is 696 g/mol. The van der Waals surface area contributed by atoms with Crippen molar-refractivity contribution < 1.29 is 18.0 Å². The van der Waals surface area contributed by atoms with E-state index in [1.807, 2.05) is 6.92 Å². The van der Waals surface area contributed by atoms with Gasteiger partial charge < -0.3 is 10.2 Å². The Morgan fingerprint density at radius 3 is 2.27 bits per heavy atom. The van der Waals surface area contributed by atoms with Crippen LogP contribution in [0.25, 0.3) is 0 Å². The maximum absolute atomic E-state index is 14.2. The van der Waals surface area contributed by atoms with Crippen LogP contribution in [-0.4, -0.2) is 43.8 Å². The monoisotopic (exact) mass is 727 g/mol. The van der Waals surface area contributed by atoms with Crippen molar-refractivity contribution in [2.75, 3.05) is 10.8 Å². The number of nitrogens with zero attached hydrogens (tertiary/aromatic N) is 2. The molecule has 218 valence electrons. The lowest BCUT2D eigenvalue weighted by Crippen LogP contribution is -2.53. The summed E-state index contributed by atoms with van der Waals surface area (Å²) >= 11 is 14.7. The van der Waals surface area contributed by atoms with E-state index in [9.17, 15) is 18.0 Å². The second kappa shape index (κ2) is 14.2. The molecule has 1 aliphatic rings. The fraction of sp³-hybridized carbons (Fsp3) is 0.333. The Morgan fingerprint density at radius 2 is 1.66 bits per heavy atom. The number of anilines is 1. The molecule has 7 nitrogen and oxygen atoms in total. The molecule has 3 aromatic rings. The van der Waals surface area contributed by atoms with Gasteiger partial charge >= 0.3 is 0 Å². The van der Waals surface area contributed by atoms with Crippen LogP contribution in [0.3, 0.4) is 0 Å². The summed E-state index contributed by atoms with van der Waals surface area (Å²) in [6, 6.07) is 19.1. The second-order valence-corrected chi connectivity index (χ2v) is 13.9. The SMILES string of the molecule is CC[C@@H](C(=O)NC1CCCC1)N(Cc1ccc(Cl)cc1Cl)C(=O)CN(c1ccc(I)cc1)S(=O)(=O)c1ccccc1. The lowest BCUT2D eigenvalue weighted by atomic mass is 10.1. The third-order valence-corrected chi connectivity index (χ3v) is 10.3. The molecule has 0 radical (unpaired) electrons. The summed E-state index contributed by atoms with van der Waals surface area (Å²) in [6.45, 7) is 1.34. The first-order chi connectivity index (χ1) is 19.6. The molecule has 1 saturated carbocycles. The number of hydrogen-bond donors (Lipinski definition) is 1.